The molecule has 114 valence electrons. The molecule has 2 aromatic heterocycles. The van der Waals surface area contributed by atoms with Crippen molar-refractivity contribution in [3.05, 3.63) is 72.2 Å². The van der Waals surface area contributed by atoms with E-state index in [0.717, 1.165) is 16.7 Å². The van der Waals surface area contributed by atoms with E-state index in [1.165, 1.54) is 6.92 Å². The molecule has 0 spiro atoms. The first kappa shape index (κ1) is 14.9. The SMILES string of the molecule is CC(=O)c1ccc(Oc2ncccc2-c2cnccc2C)cc1. The number of pyridine rings is 2. The summed E-state index contributed by atoms with van der Waals surface area (Å²) in [7, 11) is 0. The summed E-state index contributed by atoms with van der Waals surface area (Å²) in [5, 5.41) is 0. The summed E-state index contributed by atoms with van der Waals surface area (Å²) in [4.78, 5) is 19.8. The Morgan fingerprint density at radius 1 is 1.00 bits per heavy atom. The minimum atomic E-state index is 0.0288. The molecule has 3 rings (SSSR count). The first-order valence-electron chi connectivity index (χ1n) is 7.30. The molecule has 0 radical (unpaired) electrons. The molecule has 4 heteroatoms. The highest BCUT2D eigenvalue weighted by Crippen LogP contribution is 2.32. The van der Waals surface area contributed by atoms with Crippen LogP contribution in [0.1, 0.15) is 22.8 Å². The molecule has 0 N–H and O–H groups in total. The van der Waals surface area contributed by atoms with Crippen LogP contribution in [0.25, 0.3) is 11.1 Å². The minimum absolute atomic E-state index is 0.0288. The van der Waals surface area contributed by atoms with Crippen LogP contribution >= 0.6 is 0 Å². The zero-order chi connectivity index (χ0) is 16.2. The number of aryl methyl sites for hydroxylation is 1. The van der Waals surface area contributed by atoms with Gasteiger partial charge in [-0.1, -0.05) is 0 Å². The van der Waals surface area contributed by atoms with Crippen molar-refractivity contribution in [1.82, 2.24) is 9.97 Å². The van der Waals surface area contributed by atoms with E-state index < -0.39 is 0 Å². The van der Waals surface area contributed by atoms with Gasteiger partial charge in [-0.25, -0.2) is 4.98 Å². The molecule has 0 aliphatic heterocycles. The van der Waals surface area contributed by atoms with Crippen LogP contribution in [0.4, 0.5) is 0 Å². The monoisotopic (exact) mass is 304 g/mol. The zero-order valence-corrected chi connectivity index (χ0v) is 13.0. The Balaban J connectivity index is 1.95. The Hall–Kier alpha value is -3.01. The maximum atomic E-state index is 11.3. The van der Waals surface area contributed by atoms with Crippen LogP contribution in [-0.2, 0) is 0 Å². The van der Waals surface area contributed by atoms with Crippen molar-refractivity contribution in [3.63, 3.8) is 0 Å². The van der Waals surface area contributed by atoms with Crippen LogP contribution in [0.5, 0.6) is 11.6 Å². The lowest BCUT2D eigenvalue weighted by Gasteiger charge is -2.11. The Bertz CT molecular complexity index is 842. The summed E-state index contributed by atoms with van der Waals surface area (Å²) in [6, 6.07) is 12.8. The van der Waals surface area contributed by atoms with E-state index in [2.05, 4.69) is 9.97 Å². The van der Waals surface area contributed by atoms with Crippen LogP contribution < -0.4 is 4.74 Å². The fourth-order valence-electron chi connectivity index (χ4n) is 2.29. The highest BCUT2D eigenvalue weighted by atomic mass is 16.5. The van der Waals surface area contributed by atoms with E-state index in [0.29, 0.717) is 17.2 Å². The molecule has 1 aromatic carbocycles. The molecule has 0 fully saturated rings. The van der Waals surface area contributed by atoms with E-state index in [-0.39, 0.29) is 5.78 Å². The van der Waals surface area contributed by atoms with Gasteiger partial charge in [-0.3, -0.25) is 9.78 Å². The molecule has 0 aliphatic carbocycles. The number of benzene rings is 1. The zero-order valence-electron chi connectivity index (χ0n) is 13.0. The Labute approximate surface area is 134 Å². The summed E-state index contributed by atoms with van der Waals surface area (Å²) in [5.41, 5.74) is 3.62. The number of hydrogen-bond donors (Lipinski definition) is 0. The first-order valence-corrected chi connectivity index (χ1v) is 7.30. The molecule has 0 saturated carbocycles. The third kappa shape index (κ3) is 3.26. The van der Waals surface area contributed by atoms with E-state index >= 15 is 0 Å². The summed E-state index contributed by atoms with van der Waals surface area (Å²) in [6.45, 7) is 3.56. The normalized spacial score (nSPS) is 10.3. The Morgan fingerprint density at radius 3 is 2.48 bits per heavy atom. The van der Waals surface area contributed by atoms with Crippen molar-refractivity contribution in [3.8, 4) is 22.8 Å². The average molecular weight is 304 g/mol. The van der Waals surface area contributed by atoms with Crippen molar-refractivity contribution >= 4 is 5.78 Å². The van der Waals surface area contributed by atoms with Gasteiger partial charge in [0.2, 0.25) is 5.88 Å². The van der Waals surface area contributed by atoms with Gasteiger partial charge >= 0.3 is 0 Å². The summed E-state index contributed by atoms with van der Waals surface area (Å²) < 4.78 is 5.90. The molecule has 0 unspecified atom stereocenters. The average Bonchev–Trinajstić information content (AvgIpc) is 2.56. The smallest absolute Gasteiger partial charge is 0.227 e. The topological polar surface area (TPSA) is 52.1 Å². The maximum Gasteiger partial charge on any atom is 0.227 e. The summed E-state index contributed by atoms with van der Waals surface area (Å²) in [6.07, 6.45) is 5.25. The van der Waals surface area contributed by atoms with Crippen molar-refractivity contribution in [2.75, 3.05) is 0 Å². The molecule has 0 saturated heterocycles. The van der Waals surface area contributed by atoms with E-state index in [1.807, 2.05) is 25.1 Å². The fourth-order valence-corrected chi connectivity index (χ4v) is 2.29. The molecule has 0 atom stereocenters. The molecular weight excluding hydrogens is 288 g/mol. The van der Waals surface area contributed by atoms with Crippen molar-refractivity contribution in [2.45, 2.75) is 13.8 Å². The molecule has 2 heterocycles. The second kappa shape index (κ2) is 6.40. The van der Waals surface area contributed by atoms with Gasteiger partial charge in [0.1, 0.15) is 5.75 Å². The lowest BCUT2D eigenvalue weighted by Crippen LogP contribution is -1.95. The Kier molecular flexibility index (Phi) is 4.15. The maximum absolute atomic E-state index is 11.3. The van der Waals surface area contributed by atoms with Gasteiger partial charge in [-0.2, -0.15) is 0 Å². The van der Waals surface area contributed by atoms with Crippen LogP contribution in [0.3, 0.4) is 0 Å². The number of aromatic nitrogens is 2. The van der Waals surface area contributed by atoms with Crippen molar-refractivity contribution in [1.29, 1.82) is 0 Å². The number of carbonyl (C=O) groups excluding carboxylic acids is 1. The highest BCUT2D eigenvalue weighted by molar-refractivity contribution is 5.94. The third-order valence-corrected chi connectivity index (χ3v) is 3.58. The summed E-state index contributed by atoms with van der Waals surface area (Å²) in [5.74, 6) is 1.18. The number of ether oxygens (including phenoxy) is 1. The lowest BCUT2D eigenvalue weighted by atomic mass is 10.0. The van der Waals surface area contributed by atoms with Crippen LogP contribution in [0, 0.1) is 6.92 Å². The number of Topliss-reactive ketones (excluding diaryl/α,β-unsaturated/α-hetero) is 1. The van der Waals surface area contributed by atoms with Gasteiger partial charge in [-0.05, 0) is 61.9 Å². The molecule has 0 aliphatic rings. The van der Waals surface area contributed by atoms with E-state index in [1.54, 1.807) is 42.9 Å². The molecule has 3 aromatic rings. The largest absolute Gasteiger partial charge is 0.438 e. The van der Waals surface area contributed by atoms with E-state index in [9.17, 15) is 4.79 Å². The van der Waals surface area contributed by atoms with Gasteiger partial charge in [0, 0.05) is 35.3 Å². The predicted octanol–water partition coefficient (Wildman–Crippen LogP) is 4.45. The van der Waals surface area contributed by atoms with Gasteiger partial charge in [0.15, 0.2) is 5.78 Å². The number of hydrogen-bond acceptors (Lipinski definition) is 4. The Morgan fingerprint density at radius 2 is 1.78 bits per heavy atom. The van der Waals surface area contributed by atoms with Gasteiger partial charge < -0.3 is 4.74 Å². The number of ketones is 1. The lowest BCUT2D eigenvalue weighted by molar-refractivity contribution is 0.101. The highest BCUT2D eigenvalue weighted by Gasteiger charge is 2.11. The summed E-state index contributed by atoms with van der Waals surface area (Å²) >= 11 is 0. The number of nitrogens with zero attached hydrogens (tertiary/aromatic N) is 2. The minimum Gasteiger partial charge on any atom is -0.438 e. The second-order valence-corrected chi connectivity index (χ2v) is 5.23. The fraction of sp³-hybridized carbons (Fsp3) is 0.105. The van der Waals surface area contributed by atoms with Crippen LogP contribution in [-0.4, -0.2) is 15.8 Å². The van der Waals surface area contributed by atoms with Crippen LogP contribution in [0.15, 0.2) is 61.1 Å². The molecule has 0 bridgehead atoms. The molecule has 0 amide bonds. The number of carbonyl (C=O) groups is 1. The van der Waals surface area contributed by atoms with Crippen molar-refractivity contribution < 1.29 is 9.53 Å². The second-order valence-electron chi connectivity index (χ2n) is 5.23. The third-order valence-electron chi connectivity index (χ3n) is 3.58. The van der Waals surface area contributed by atoms with Gasteiger partial charge in [0.05, 0.1) is 0 Å². The van der Waals surface area contributed by atoms with Gasteiger partial charge in [-0.15, -0.1) is 0 Å². The standard InChI is InChI=1S/C19H16N2O2/c1-13-9-11-20-12-18(13)17-4-3-10-21-19(17)23-16-7-5-15(6-8-16)14(2)22/h3-12H,1-2H3. The number of rotatable bonds is 4. The predicted molar refractivity (Wildman–Crippen MR) is 88.7 cm³/mol. The van der Waals surface area contributed by atoms with Crippen LogP contribution in [0.2, 0.25) is 0 Å². The van der Waals surface area contributed by atoms with E-state index in [4.69, 9.17) is 4.74 Å². The molecule has 23 heavy (non-hydrogen) atoms. The van der Waals surface area contributed by atoms with Crippen molar-refractivity contribution in [2.24, 2.45) is 0 Å². The first-order chi connectivity index (χ1) is 11.1. The quantitative estimate of drug-likeness (QED) is 0.668. The van der Waals surface area contributed by atoms with Gasteiger partial charge in [0.25, 0.3) is 0 Å². The molecule has 4 nitrogen and oxygen atoms in total. The molecular formula is C19H16N2O2.